The van der Waals surface area contributed by atoms with Gasteiger partial charge in [-0.1, -0.05) is 12.1 Å². The molecule has 0 unspecified atom stereocenters. The monoisotopic (exact) mass is 251 g/mol. The first-order chi connectivity index (χ1) is 8.02. The van der Waals surface area contributed by atoms with Crippen molar-refractivity contribution in [2.75, 3.05) is 6.26 Å². The van der Waals surface area contributed by atoms with Gasteiger partial charge in [0.15, 0.2) is 5.96 Å². The molecule has 0 radical (unpaired) electrons. The van der Waals surface area contributed by atoms with Gasteiger partial charge in [0.25, 0.3) is 0 Å². The summed E-state index contributed by atoms with van der Waals surface area (Å²) in [5.74, 6) is 0.507. The molecule has 0 saturated carbocycles. The van der Waals surface area contributed by atoms with Gasteiger partial charge in [0.2, 0.25) is 0 Å². The Morgan fingerprint density at radius 1 is 1.47 bits per heavy atom. The van der Waals surface area contributed by atoms with Crippen molar-refractivity contribution in [1.82, 2.24) is 5.32 Å². The van der Waals surface area contributed by atoms with Crippen LogP contribution in [0.1, 0.15) is 25.0 Å². The van der Waals surface area contributed by atoms with Gasteiger partial charge in [0, 0.05) is 10.9 Å². The van der Waals surface area contributed by atoms with E-state index in [1.165, 1.54) is 16.0 Å². The maximum absolute atomic E-state index is 5.78. The van der Waals surface area contributed by atoms with Crippen LogP contribution in [0.3, 0.4) is 0 Å². The molecule has 0 aliphatic heterocycles. The van der Waals surface area contributed by atoms with Crippen molar-refractivity contribution in [2.24, 2.45) is 10.7 Å². The minimum absolute atomic E-state index is 0.316. The minimum atomic E-state index is 0.316. The molecular weight excluding hydrogens is 230 g/mol. The highest BCUT2D eigenvalue weighted by Gasteiger charge is 2.02. The molecule has 0 saturated heterocycles. The average molecular weight is 251 g/mol. The van der Waals surface area contributed by atoms with Crippen LogP contribution in [0.15, 0.2) is 28.1 Å². The molecule has 1 rings (SSSR count). The van der Waals surface area contributed by atoms with E-state index in [1.807, 2.05) is 13.8 Å². The number of aliphatic imine (C=N–C) groups is 1. The topological polar surface area (TPSA) is 50.4 Å². The quantitative estimate of drug-likeness (QED) is 0.491. The number of guanidine groups is 1. The van der Waals surface area contributed by atoms with Crippen molar-refractivity contribution in [3.63, 3.8) is 0 Å². The third kappa shape index (κ3) is 4.69. The molecule has 1 aromatic rings. The Labute approximate surface area is 108 Å². The van der Waals surface area contributed by atoms with Crippen molar-refractivity contribution in [3.05, 3.63) is 29.3 Å². The summed E-state index contributed by atoms with van der Waals surface area (Å²) < 4.78 is 0. The molecule has 0 aliphatic rings. The largest absolute Gasteiger partial charge is 0.370 e. The minimum Gasteiger partial charge on any atom is -0.370 e. The van der Waals surface area contributed by atoms with Crippen molar-refractivity contribution >= 4 is 17.7 Å². The van der Waals surface area contributed by atoms with Crippen LogP contribution in [-0.2, 0) is 6.54 Å². The number of thioether (sulfide) groups is 1. The molecule has 4 heteroatoms. The van der Waals surface area contributed by atoms with Crippen LogP contribution in [0.4, 0.5) is 0 Å². The average Bonchev–Trinajstić information content (AvgIpc) is 2.26. The second kappa shape index (κ2) is 6.55. The van der Waals surface area contributed by atoms with Crippen molar-refractivity contribution in [1.29, 1.82) is 0 Å². The number of rotatable bonds is 4. The van der Waals surface area contributed by atoms with Gasteiger partial charge in [-0.2, -0.15) is 0 Å². The number of nitrogens with two attached hydrogens (primary N) is 1. The Bertz CT molecular complexity index is 400. The normalized spacial score (nSPS) is 11.9. The Hall–Kier alpha value is -1.16. The molecule has 0 amide bonds. The Morgan fingerprint density at radius 2 is 2.18 bits per heavy atom. The fourth-order valence-corrected chi connectivity index (χ4v) is 2.19. The standard InChI is InChI=1S/C13H21N3S/c1-9(2)16-13(14)15-8-11-6-5-10(3)7-12(11)17-4/h5-7,9H,8H2,1-4H3,(H3,14,15,16). The predicted molar refractivity (Wildman–Crippen MR) is 76.6 cm³/mol. The van der Waals surface area contributed by atoms with Gasteiger partial charge in [-0.3, -0.25) is 0 Å². The van der Waals surface area contributed by atoms with E-state index in [0.29, 0.717) is 18.5 Å². The van der Waals surface area contributed by atoms with E-state index >= 15 is 0 Å². The van der Waals surface area contributed by atoms with Gasteiger partial charge < -0.3 is 11.1 Å². The maximum atomic E-state index is 5.78. The van der Waals surface area contributed by atoms with Crippen LogP contribution in [0.5, 0.6) is 0 Å². The molecule has 0 spiro atoms. The molecule has 17 heavy (non-hydrogen) atoms. The highest BCUT2D eigenvalue weighted by atomic mass is 32.2. The maximum Gasteiger partial charge on any atom is 0.189 e. The lowest BCUT2D eigenvalue weighted by atomic mass is 10.1. The highest BCUT2D eigenvalue weighted by molar-refractivity contribution is 7.98. The Morgan fingerprint density at radius 3 is 2.76 bits per heavy atom. The van der Waals surface area contributed by atoms with Crippen LogP contribution in [-0.4, -0.2) is 18.3 Å². The predicted octanol–water partition coefficient (Wildman–Crippen LogP) is 2.53. The van der Waals surface area contributed by atoms with Crippen molar-refractivity contribution in [3.8, 4) is 0 Å². The smallest absolute Gasteiger partial charge is 0.189 e. The third-order valence-corrected chi connectivity index (χ3v) is 3.12. The van der Waals surface area contributed by atoms with E-state index < -0.39 is 0 Å². The van der Waals surface area contributed by atoms with E-state index in [-0.39, 0.29) is 0 Å². The van der Waals surface area contributed by atoms with Gasteiger partial charge in [0.1, 0.15) is 0 Å². The summed E-state index contributed by atoms with van der Waals surface area (Å²) in [4.78, 5) is 5.61. The first-order valence-corrected chi connectivity index (χ1v) is 6.95. The fraction of sp³-hybridized carbons (Fsp3) is 0.462. The molecular formula is C13H21N3S. The molecule has 3 N–H and O–H groups in total. The van der Waals surface area contributed by atoms with Gasteiger partial charge in [-0.05, 0) is 44.2 Å². The van der Waals surface area contributed by atoms with E-state index in [4.69, 9.17) is 5.73 Å². The Balaban J connectivity index is 2.74. The van der Waals surface area contributed by atoms with Crippen molar-refractivity contribution < 1.29 is 0 Å². The zero-order valence-corrected chi connectivity index (χ0v) is 11.8. The van der Waals surface area contributed by atoms with E-state index in [2.05, 4.69) is 41.7 Å². The van der Waals surface area contributed by atoms with E-state index in [0.717, 1.165) is 0 Å². The van der Waals surface area contributed by atoms with E-state index in [9.17, 15) is 0 Å². The molecule has 0 aliphatic carbocycles. The molecule has 94 valence electrons. The molecule has 0 fully saturated rings. The summed E-state index contributed by atoms with van der Waals surface area (Å²) in [6, 6.07) is 6.72. The number of aryl methyl sites for hydroxylation is 1. The second-order valence-corrected chi connectivity index (χ2v) is 5.16. The summed E-state index contributed by atoms with van der Waals surface area (Å²) in [5, 5.41) is 3.08. The number of nitrogens with one attached hydrogen (secondary N) is 1. The van der Waals surface area contributed by atoms with Crippen LogP contribution < -0.4 is 11.1 Å². The lowest BCUT2D eigenvalue weighted by Crippen LogP contribution is -2.36. The van der Waals surface area contributed by atoms with Crippen LogP contribution in [0.2, 0.25) is 0 Å². The number of nitrogens with zero attached hydrogens (tertiary/aromatic N) is 1. The Kier molecular flexibility index (Phi) is 5.35. The molecule has 0 aromatic heterocycles. The third-order valence-electron chi connectivity index (χ3n) is 2.30. The lowest BCUT2D eigenvalue weighted by molar-refractivity contribution is 0.723. The van der Waals surface area contributed by atoms with E-state index in [1.54, 1.807) is 11.8 Å². The molecule has 3 nitrogen and oxygen atoms in total. The fourth-order valence-electron chi connectivity index (χ4n) is 1.49. The van der Waals surface area contributed by atoms with Gasteiger partial charge in [0.05, 0.1) is 6.54 Å². The summed E-state index contributed by atoms with van der Waals surface area (Å²) in [7, 11) is 0. The zero-order chi connectivity index (χ0) is 12.8. The number of benzene rings is 1. The lowest BCUT2D eigenvalue weighted by Gasteiger charge is -2.10. The van der Waals surface area contributed by atoms with Gasteiger partial charge in [-0.15, -0.1) is 11.8 Å². The number of hydrogen-bond acceptors (Lipinski definition) is 2. The summed E-state index contributed by atoms with van der Waals surface area (Å²) >= 11 is 1.74. The molecule has 0 bridgehead atoms. The van der Waals surface area contributed by atoms with Gasteiger partial charge >= 0.3 is 0 Å². The SMILES string of the molecule is CSc1cc(C)ccc1CN=C(N)NC(C)C. The zero-order valence-electron chi connectivity index (χ0n) is 10.9. The molecule has 0 atom stereocenters. The van der Waals surface area contributed by atoms with Crippen LogP contribution >= 0.6 is 11.8 Å². The van der Waals surface area contributed by atoms with Crippen molar-refractivity contribution in [2.45, 2.75) is 38.3 Å². The summed E-state index contributed by atoms with van der Waals surface area (Å²) in [5.41, 5.74) is 8.27. The summed E-state index contributed by atoms with van der Waals surface area (Å²) in [6.07, 6.45) is 2.08. The highest BCUT2D eigenvalue weighted by Crippen LogP contribution is 2.22. The molecule has 1 aromatic carbocycles. The first-order valence-electron chi connectivity index (χ1n) is 5.73. The molecule has 0 heterocycles. The van der Waals surface area contributed by atoms with Crippen LogP contribution in [0, 0.1) is 6.92 Å². The first kappa shape index (κ1) is 13.9. The summed E-state index contributed by atoms with van der Waals surface area (Å²) in [6.45, 7) is 6.81. The second-order valence-electron chi connectivity index (χ2n) is 4.32. The number of hydrogen-bond donors (Lipinski definition) is 2. The van der Waals surface area contributed by atoms with Gasteiger partial charge in [-0.25, -0.2) is 4.99 Å². The van der Waals surface area contributed by atoms with Crippen LogP contribution in [0.25, 0.3) is 0 Å².